The number of nitrogens with one attached hydrogen (secondary N) is 1. The van der Waals surface area contributed by atoms with Gasteiger partial charge in [0.15, 0.2) is 5.78 Å². The Morgan fingerprint density at radius 3 is 2.16 bits per heavy atom. The molecule has 0 saturated heterocycles. The number of benzene rings is 3. The molecule has 0 aliphatic rings. The number of amides is 1. The number of carbonyl (C=O) groups excluding carboxylic acids is 2. The summed E-state index contributed by atoms with van der Waals surface area (Å²) < 4.78 is 28.0. The number of nitrogens with zero attached hydrogens (tertiary/aromatic N) is 4. The van der Waals surface area contributed by atoms with Crippen LogP contribution in [0.4, 0.5) is 0 Å². The molecule has 0 aliphatic carbocycles. The largest absolute Gasteiger partial charge is 0.491 e. The Labute approximate surface area is 333 Å². The number of rotatable bonds is 29. The van der Waals surface area contributed by atoms with Crippen molar-refractivity contribution in [2.75, 3.05) is 72.6 Å². The maximum Gasteiger partial charge on any atom is 0.303 e. The minimum atomic E-state index is -0.995. The zero-order valence-electron chi connectivity index (χ0n) is 32.6. The third-order valence-corrected chi connectivity index (χ3v) is 9.01. The first-order valence-electron chi connectivity index (χ1n) is 19.3. The lowest BCUT2D eigenvalue weighted by Gasteiger charge is -2.16. The molecular weight excluding hydrogens is 730 g/mol. The van der Waals surface area contributed by atoms with E-state index in [0.717, 1.165) is 57.3 Å². The molecule has 0 bridgehead atoms. The second kappa shape index (κ2) is 25.7. The molecule has 4 aromatic rings. The Kier molecular flexibility index (Phi) is 20.0. The Balaban J connectivity index is 1.19. The van der Waals surface area contributed by atoms with Crippen LogP contribution < -0.4 is 10.1 Å². The van der Waals surface area contributed by atoms with Gasteiger partial charge in [-0.3, -0.25) is 19.4 Å². The lowest BCUT2D eigenvalue weighted by molar-refractivity contribution is -0.137. The van der Waals surface area contributed by atoms with Gasteiger partial charge in [-0.05, 0) is 77.6 Å². The van der Waals surface area contributed by atoms with Crippen LogP contribution in [0.5, 0.6) is 5.75 Å². The van der Waals surface area contributed by atoms with E-state index in [1.54, 1.807) is 6.20 Å². The smallest absolute Gasteiger partial charge is 0.303 e. The van der Waals surface area contributed by atoms with Crippen molar-refractivity contribution in [2.45, 2.75) is 51.4 Å². The molecule has 14 heteroatoms. The summed E-state index contributed by atoms with van der Waals surface area (Å²) in [6.45, 7) is 5.92. The van der Waals surface area contributed by atoms with Crippen molar-refractivity contribution in [3.63, 3.8) is 0 Å². The van der Waals surface area contributed by atoms with Gasteiger partial charge in [0.1, 0.15) is 12.4 Å². The number of carboxylic acids is 1. The normalized spacial score (nSPS) is 11.5. The van der Waals surface area contributed by atoms with Gasteiger partial charge in [-0.1, -0.05) is 59.7 Å². The number of hydrogen-bond acceptors (Lipinski definition) is 10. The van der Waals surface area contributed by atoms with Gasteiger partial charge in [0, 0.05) is 47.5 Å². The fourth-order valence-electron chi connectivity index (χ4n) is 6.19. The molecule has 1 heterocycles. The molecule has 14 nitrogen and oxygen atoms in total. The maximum atomic E-state index is 12.9. The molecule has 304 valence electrons. The van der Waals surface area contributed by atoms with E-state index in [1.165, 1.54) is 0 Å². The number of aromatic nitrogens is 1. The summed E-state index contributed by atoms with van der Waals surface area (Å²) in [6, 6.07) is 23.5. The molecule has 2 N–H and O–H groups in total. The van der Waals surface area contributed by atoms with Crippen LogP contribution in [0, 0.1) is 6.92 Å². The fourth-order valence-corrected chi connectivity index (χ4v) is 6.19. The number of carboxylic acid groups (broad SMARTS) is 1. The molecule has 4 rings (SSSR count). The van der Waals surface area contributed by atoms with Crippen LogP contribution in [-0.2, 0) is 39.8 Å². The summed E-state index contributed by atoms with van der Waals surface area (Å²) in [5.74, 6) is -1.21. The van der Waals surface area contributed by atoms with Crippen LogP contribution in [0.25, 0.3) is 32.3 Å². The molecular formula is C43H53N5O9. The second-order valence-electron chi connectivity index (χ2n) is 13.4. The van der Waals surface area contributed by atoms with Gasteiger partial charge in [0.05, 0.1) is 65.8 Å². The zero-order chi connectivity index (χ0) is 40.5. The highest BCUT2D eigenvalue weighted by Gasteiger charge is 2.20. The van der Waals surface area contributed by atoms with E-state index in [1.807, 2.05) is 79.7 Å². The van der Waals surface area contributed by atoms with Crippen LogP contribution in [-0.4, -0.2) is 100 Å². The van der Waals surface area contributed by atoms with Crippen LogP contribution in [0.3, 0.4) is 0 Å². The van der Waals surface area contributed by atoms with Crippen molar-refractivity contribution >= 4 is 28.4 Å². The van der Waals surface area contributed by atoms with Gasteiger partial charge in [-0.15, -0.1) is 0 Å². The van der Waals surface area contributed by atoms with Crippen molar-refractivity contribution < 1.29 is 43.2 Å². The second-order valence-corrected chi connectivity index (χ2v) is 13.4. The third kappa shape index (κ3) is 16.7. The van der Waals surface area contributed by atoms with Gasteiger partial charge in [0.25, 0.3) is 0 Å². The van der Waals surface area contributed by atoms with Gasteiger partial charge in [0.2, 0.25) is 5.91 Å². The maximum absolute atomic E-state index is 12.9. The number of azide groups is 1. The molecule has 1 amide bonds. The molecule has 0 fully saturated rings. The van der Waals surface area contributed by atoms with Crippen LogP contribution >= 0.6 is 0 Å². The van der Waals surface area contributed by atoms with E-state index in [0.29, 0.717) is 78.8 Å². The Morgan fingerprint density at radius 1 is 0.807 bits per heavy atom. The number of hydrogen-bond donors (Lipinski definition) is 2. The van der Waals surface area contributed by atoms with Crippen molar-refractivity contribution in [1.82, 2.24) is 10.3 Å². The highest BCUT2D eigenvalue weighted by molar-refractivity contribution is 5.99. The standard InChI is InChI=1S/C43H53N5O9/c1-32-16-17-45-36(28-32)6-2-3-11-42(50)46-31-37(49)29-35(30-43(51)52)33-12-14-34(15-13-33)38-7-4-9-40-39(38)8-5-10-41(40)57-27-26-56-25-24-55-23-22-54-21-20-53-19-18-47-48-44/h4-5,7-10,12-17,28,35H,2-3,6,11,18-27,29-31H2,1H3,(H,46,50)(H,51,52)/t35-/m0/s1. The first-order valence-corrected chi connectivity index (χ1v) is 19.3. The van der Waals surface area contributed by atoms with Gasteiger partial charge in [-0.2, -0.15) is 0 Å². The topological polar surface area (TPSA) is 191 Å². The number of aliphatic carboxylic acids is 1. The molecule has 57 heavy (non-hydrogen) atoms. The average Bonchev–Trinajstić information content (AvgIpc) is 3.21. The average molecular weight is 784 g/mol. The molecule has 0 radical (unpaired) electrons. The fraction of sp³-hybridized carbons (Fsp3) is 0.442. The minimum absolute atomic E-state index is 0.00567. The first-order chi connectivity index (χ1) is 27.8. The summed E-state index contributed by atoms with van der Waals surface area (Å²) in [7, 11) is 0. The molecule has 1 aromatic heterocycles. The zero-order valence-corrected chi connectivity index (χ0v) is 32.6. The van der Waals surface area contributed by atoms with Crippen LogP contribution in [0.15, 0.2) is 84.1 Å². The van der Waals surface area contributed by atoms with E-state index in [2.05, 4.69) is 20.3 Å². The lowest BCUT2D eigenvalue weighted by Crippen LogP contribution is -2.30. The number of carbonyl (C=O) groups is 3. The predicted octanol–water partition coefficient (Wildman–Crippen LogP) is 7.01. The summed E-state index contributed by atoms with van der Waals surface area (Å²) >= 11 is 0. The Hall–Kier alpha value is -5.37. The van der Waals surface area contributed by atoms with Crippen molar-refractivity contribution in [3.8, 4) is 16.9 Å². The van der Waals surface area contributed by atoms with Gasteiger partial charge < -0.3 is 34.1 Å². The van der Waals surface area contributed by atoms with Crippen molar-refractivity contribution in [3.05, 3.63) is 106 Å². The van der Waals surface area contributed by atoms with Crippen molar-refractivity contribution in [2.24, 2.45) is 5.11 Å². The van der Waals surface area contributed by atoms with Crippen LogP contribution in [0.2, 0.25) is 0 Å². The number of Topliss-reactive ketones (excluding diaryl/α,β-unsaturated/α-hetero) is 1. The van der Waals surface area contributed by atoms with Crippen LogP contribution in [0.1, 0.15) is 54.8 Å². The number of ketones is 1. The molecule has 0 aliphatic heterocycles. The number of ether oxygens (including phenoxy) is 5. The monoisotopic (exact) mass is 783 g/mol. The number of fused-ring (bicyclic) bond motifs is 1. The quantitative estimate of drug-likeness (QED) is 0.0251. The highest BCUT2D eigenvalue weighted by atomic mass is 16.6. The van der Waals surface area contributed by atoms with Crippen molar-refractivity contribution in [1.29, 1.82) is 0 Å². The number of unbranched alkanes of at least 4 members (excludes halogenated alkanes) is 1. The number of aryl methyl sites for hydroxylation is 2. The van der Waals surface area contributed by atoms with Gasteiger partial charge >= 0.3 is 5.97 Å². The molecule has 1 atom stereocenters. The highest BCUT2D eigenvalue weighted by Crippen LogP contribution is 2.35. The summed E-state index contributed by atoms with van der Waals surface area (Å²) in [5, 5.41) is 17.7. The minimum Gasteiger partial charge on any atom is -0.491 e. The van der Waals surface area contributed by atoms with E-state index in [-0.39, 0.29) is 31.1 Å². The summed E-state index contributed by atoms with van der Waals surface area (Å²) in [6.07, 6.45) is 4.19. The van der Waals surface area contributed by atoms with Gasteiger partial charge in [-0.25, -0.2) is 0 Å². The SMILES string of the molecule is Cc1ccnc(CCCCC(=O)NCC(=O)C[C@@H](CC(=O)O)c2ccc(-c3cccc4c(OCCOCCOCCOCCOCCN=[N+]=[N-])cccc34)cc2)c1. The van der Waals surface area contributed by atoms with E-state index >= 15 is 0 Å². The molecule has 3 aromatic carbocycles. The molecule has 0 unspecified atom stereocenters. The molecule has 0 saturated carbocycles. The summed E-state index contributed by atoms with van der Waals surface area (Å²) in [5.41, 5.74) is 13.0. The molecule has 0 spiro atoms. The van der Waals surface area contributed by atoms with E-state index in [9.17, 15) is 19.5 Å². The summed E-state index contributed by atoms with van der Waals surface area (Å²) in [4.78, 5) is 44.1. The Bertz CT molecular complexity index is 1900. The first kappa shape index (κ1) is 44.3. The lowest BCUT2D eigenvalue weighted by atomic mass is 9.89. The Morgan fingerprint density at radius 2 is 1.47 bits per heavy atom. The third-order valence-electron chi connectivity index (χ3n) is 9.01. The number of pyridine rings is 1. The van der Waals surface area contributed by atoms with E-state index in [4.69, 9.17) is 29.2 Å². The predicted molar refractivity (Wildman–Crippen MR) is 216 cm³/mol. The van der Waals surface area contributed by atoms with E-state index < -0.39 is 11.9 Å².